The number of aromatic nitrogens is 1. The van der Waals surface area contributed by atoms with E-state index in [9.17, 15) is 4.79 Å². The van der Waals surface area contributed by atoms with Crippen LogP contribution in [0, 0.1) is 6.92 Å². The van der Waals surface area contributed by atoms with Gasteiger partial charge in [-0.1, -0.05) is 28.9 Å². The number of nitrogens with one attached hydrogen (secondary N) is 1. The molecule has 0 spiro atoms. The second-order valence-corrected chi connectivity index (χ2v) is 5.02. The van der Waals surface area contributed by atoms with Crippen molar-refractivity contribution in [3.05, 3.63) is 52.4 Å². The van der Waals surface area contributed by atoms with Crippen molar-refractivity contribution in [1.29, 1.82) is 0 Å². The lowest BCUT2D eigenvalue weighted by Crippen LogP contribution is -2.36. The predicted octanol–water partition coefficient (Wildman–Crippen LogP) is 2.98. The van der Waals surface area contributed by atoms with Gasteiger partial charge in [0.15, 0.2) is 5.76 Å². The molecule has 0 fully saturated rings. The average Bonchev–Trinajstić information content (AvgIpc) is 2.81. The number of hydrogen-bond acceptors (Lipinski definition) is 3. The molecule has 0 radical (unpaired) electrons. The maximum Gasteiger partial charge on any atom is 0.317 e. The number of aryl methyl sites for hydroxylation is 1. The molecule has 6 heteroatoms. The summed E-state index contributed by atoms with van der Waals surface area (Å²) in [6, 6.07) is 9.04. The molecule has 0 aliphatic heterocycles. The minimum Gasteiger partial charge on any atom is -0.359 e. The highest BCUT2D eigenvalue weighted by Gasteiger charge is 2.10. The maximum atomic E-state index is 11.9. The molecule has 2 amide bonds. The minimum absolute atomic E-state index is 0.181. The SMILES string of the molecule is Cc1cc(CNC(=O)N(C)Cc2cccc(Cl)c2)on1. The predicted molar refractivity (Wildman–Crippen MR) is 76.4 cm³/mol. The average molecular weight is 294 g/mol. The Morgan fingerprint density at radius 1 is 1.45 bits per heavy atom. The van der Waals surface area contributed by atoms with Crippen molar-refractivity contribution >= 4 is 17.6 Å². The van der Waals surface area contributed by atoms with Crippen molar-refractivity contribution in [3.8, 4) is 0 Å². The van der Waals surface area contributed by atoms with Crippen LogP contribution in [0.4, 0.5) is 4.79 Å². The van der Waals surface area contributed by atoms with Crippen molar-refractivity contribution in [3.63, 3.8) is 0 Å². The van der Waals surface area contributed by atoms with Crippen molar-refractivity contribution in [2.24, 2.45) is 0 Å². The largest absolute Gasteiger partial charge is 0.359 e. The molecule has 0 saturated heterocycles. The highest BCUT2D eigenvalue weighted by Crippen LogP contribution is 2.12. The van der Waals surface area contributed by atoms with E-state index >= 15 is 0 Å². The van der Waals surface area contributed by atoms with Crippen LogP contribution in [0.1, 0.15) is 17.0 Å². The molecule has 0 saturated carbocycles. The first-order valence-corrected chi connectivity index (χ1v) is 6.58. The van der Waals surface area contributed by atoms with Gasteiger partial charge < -0.3 is 14.7 Å². The molecule has 0 atom stereocenters. The summed E-state index contributed by atoms with van der Waals surface area (Å²) < 4.78 is 5.03. The molecule has 0 bridgehead atoms. The number of nitrogens with zero attached hydrogens (tertiary/aromatic N) is 2. The van der Waals surface area contributed by atoms with Crippen molar-refractivity contribution in [1.82, 2.24) is 15.4 Å². The fourth-order valence-electron chi connectivity index (χ4n) is 1.78. The van der Waals surface area contributed by atoms with Crippen LogP contribution in [0.3, 0.4) is 0 Å². The van der Waals surface area contributed by atoms with Crippen LogP contribution in [0.25, 0.3) is 0 Å². The molecular formula is C14H16ClN3O2. The smallest absolute Gasteiger partial charge is 0.317 e. The van der Waals surface area contributed by atoms with Gasteiger partial charge in [-0.15, -0.1) is 0 Å². The van der Waals surface area contributed by atoms with E-state index in [1.807, 2.05) is 25.1 Å². The monoisotopic (exact) mass is 293 g/mol. The molecule has 1 aromatic carbocycles. The van der Waals surface area contributed by atoms with Crippen LogP contribution >= 0.6 is 11.6 Å². The van der Waals surface area contributed by atoms with Gasteiger partial charge >= 0.3 is 6.03 Å². The molecule has 2 aromatic rings. The topological polar surface area (TPSA) is 58.4 Å². The number of urea groups is 1. The second-order valence-electron chi connectivity index (χ2n) is 4.58. The third kappa shape index (κ3) is 3.99. The van der Waals surface area contributed by atoms with E-state index in [2.05, 4.69) is 10.5 Å². The summed E-state index contributed by atoms with van der Waals surface area (Å²) in [6.45, 7) is 2.64. The molecule has 20 heavy (non-hydrogen) atoms. The van der Waals surface area contributed by atoms with E-state index in [0.717, 1.165) is 11.3 Å². The molecule has 0 aliphatic rings. The lowest BCUT2D eigenvalue weighted by molar-refractivity contribution is 0.205. The highest BCUT2D eigenvalue weighted by atomic mass is 35.5. The van der Waals surface area contributed by atoms with Gasteiger partial charge in [-0.2, -0.15) is 0 Å². The molecule has 5 nitrogen and oxygen atoms in total. The summed E-state index contributed by atoms with van der Waals surface area (Å²) in [5.41, 5.74) is 1.77. The zero-order valence-electron chi connectivity index (χ0n) is 11.4. The molecule has 2 rings (SSSR count). The van der Waals surface area contributed by atoms with E-state index in [0.29, 0.717) is 23.9 Å². The van der Waals surface area contributed by atoms with Crippen LogP contribution in [0.2, 0.25) is 5.02 Å². The second kappa shape index (κ2) is 6.43. The first-order chi connectivity index (χ1) is 9.54. The van der Waals surface area contributed by atoms with Crippen LogP contribution < -0.4 is 5.32 Å². The Kier molecular flexibility index (Phi) is 4.63. The maximum absolute atomic E-state index is 11.9. The molecule has 0 aliphatic carbocycles. The van der Waals surface area contributed by atoms with E-state index in [1.165, 1.54) is 0 Å². The first-order valence-electron chi connectivity index (χ1n) is 6.20. The molecule has 1 aromatic heterocycles. The first kappa shape index (κ1) is 14.4. The highest BCUT2D eigenvalue weighted by molar-refractivity contribution is 6.30. The lowest BCUT2D eigenvalue weighted by Gasteiger charge is -2.17. The van der Waals surface area contributed by atoms with Gasteiger partial charge in [0.05, 0.1) is 12.2 Å². The third-order valence-electron chi connectivity index (χ3n) is 2.75. The molecule has 106 valence electrons. The van der Waals surface area contributed by atoms with Gasteiger partial charge in [-0.3, -0.25) is 0 Å². The zero-order chi connectivity index (χ0) is 14.5. The summed E-state index contributed by atoms with van der Waals surface area (Å²) >= 11 is 5.91. The molecule has 1 heterocycles. The van der Waals surface area contributed by atoms with Crippen LogP contribution in [-0.2, 0) is 13.1 Å². The minimum atomic E-state index is -0.181. The summed E-state index contributed by atoms with van der Waals surface area (Å²) in [5, 5.41) is 7.19. The fourth-order valence-corrected chi connectivity index (χ4v) is 1.99. The standard InChI is InChI=1S/C14H16ClN3O2/c1-10-6-13(20-17-10)8-16-14(19)18(2)9-11-4-3-5-12(15)7-11/h3-7H,8-9H2,1-2H3,(H,16,19). The van der Waals surface area contributed by atoms with E-state index in [1.54, 1.807) is 24.1 Å². The molecule has 0 unspecified atom stereocenters. The van der Waals surface area contributed by atoms with Gasteiger partial charge in [0.1, 0.15) is 0 Å². The van der Waals surface area contributed by atoms with Gasteiger partial charge in [0.2, 0.25) is 0 Å². The number of carbonyl (C=O) groups is 1. The van der Waals surface area contributed by atoms with Crippen molar-refractivity contribution in [2.75, 3.05) is 7.05 Å². The number of halogens is 1. The number of rotatable bonds is 4. The molecule has 1 N–H and O–H groups in total. The summed E-state index contributed by atoms with van der Waals surface area (Å²) in [6.07, 6.45) is 0. The number of hydrogen-bond donors (Lipinski definition) is 1. The number of carbonyl (C=O) groups excluding carboxylic acids is 1. The van der Waals surface area contributed by atoms with Crippen molar-refractivity contribution < 1.29 is 9.32 Å². The van der Waals surface area contributed by atoms with E-state index in [-0.39, 0.29) is 6.03 Å². The normalized spacial score (nSPS) is 10.3. The third-order valence-corrected chi connectivity index (χ3v) is 2.98. The Balaban J connectivity index is 1.85. The van der Waals surface area contributed by atoms with Gasteiger partial charge in [-0.25, -0.2) is 4.79 Å². The number of amides is 2. The van der Waals surface area contributed by atoms with Gasteiger partial charge in [0.25, 0.3) is 0 Å². The summed E-state index contributed by atoms with van der Waals surface area (Å²) in [5.74, 6) is 0.631. The van der Waals surface area contributed by atoms with Crippen LogP contribution in [-0.4, -0.2) is 23.1 Å². The quantitative estimate of drug-likeness (QED) is 0.943. The lowest BCUT2D eigenvalue weighted by atomic mass is 10.2. The Hall–Kier alpha value is -2.01. The van der Waals surface area contributed by atoms with Gasteiger partial charge in [-0.05, 0) is 24.6 Å². The number of benzene rings is 1. The Morgan fingerprint density at radius 2 is 2.25 bits per heavy atom. The summed E-state index contributed by atoms with van der Waals surface area (Å²) in [7, 11) is 1.72. The summed E-state index contributed by atoms with van der Waals surface area (Å²) in [4.78, 5) is 13.5. The Morgan fingerprint density at radius 3 is 2.90 bits per heavy atom. The van der Waals surface area contributed by atoms with Gasteiger partial charge in [0, 0.05) is 24.7 Å². The van der Waals surface area contributed by atoms with Crippen molar-refractivity contribution in [2.45, 2.75) is 20.0 Å². The van der Waals surface area contributed by atoms with E-state index in [4.69, 9.17) is 16.1 Å². The Bertz CT molecular complexity index is 598. The van der Waals surface area contributed by atoms with Crippen LogP contribution in [0.5, 0.6) is 0 Å². The zero-order valence-corrected chi connectivity index (χ0v) is 12.1. The van der Waals surface area contributed by atoms with Crippen LogP contribution in [0.15, 0.2) is 34.9 Å². The molecular weight excluding hydrogens is 278 g/mol. The Labute approximate surface area is 122 Å². The fraction of sp³-hybridized carbons (Fsp3) is 0.286. The van der Waals surface area contributed by atoms with E-state index < -0.39 is 0 Å².